The molecule has 0 aromatic heterocycles. The Morgan fingerprint density at radius 2 is 2.33 bits per heavy atom. The van der Waals surface area contributed by atoms with E-state index in [1.54, 1.807) is 18.2 Å². The lowest BCUT2D eigenvalue weighted by Crippen LogP contribution is -2.34. The average molecular weight is 269 g/mol. The van der Waals surface area contributed by atoms with Crippen molar-refractivity contribution in [3.05, 3.63) is 23.2 Å². The van der Waals surface area contributed by atoms with Crippen molar-refractivity contribution < 1.29 is 9.53 Å². The molecule has 3 N–H and O–H groups in total. The summed E-state index contributed by atoms with van der Waals surface area (Å²) < 4.78 is 5.33. The fourth-order valence-electron chi connectivity index (χ4n) is 2.11. The molecule has 1 aromatic rings. The summed E-state index contributed by atoms with van der Waals surface area (Å²) in [4.78, 5) is 12.1. The van der Waals surface area contributed by atoms with E-state index in [4.69, 9.17) is 22.1 Å². The molecular weight excluding hydrogens is 252 g/mol. The van der Waals surface area contributed by atoms with Crippen LogP contribution < -0.4 is 11.1 Å². The minimum Gasteiger partial charge on any atom is -0.398 e. The topological polar surface area (TPSA) is 64.3 Å². The molecule has 2 rings (SSSR count). The fourth-order valence-corrected chi connectivity index (χ4v) is 2.29. The number of carbonyl (C=O) groups is 1. The second kappa shape index (κ2) is 5.59. The first kappa shape index (κ1) is 13.2. The number of rotatable bonds is 2. The third-order valence-electron chi connectivity index (χ3n) is 3.25. The van der Waals surface area contributed by atoms with Gasteiger partial charge in [0, 0.05) is 24.8 Å². The maximum absolute atomic E-state index is 12.1. The van der Waals surface area contributed by atoms with Gasteiger partial charge in [-0.15, -0.1) is 0 Å². The third-order valence-corrected chi connectivity index (χ3v) is 3.57. The van der Waals surface area contributed by atoms with Crippen LogP contribution in [0.25, 0.3) is 0 Å². The predicted octanol–water partition coefficient (Wildman–Crippen LogP) is 2.53. The number of benzene rings is 1. The molecule has 1 aromatic carbocycles. The molecule has 1 aliphatic heterocycles. The van der Waals surface area contributed by atoms with Crippen molar-refractivity contribution in [1.29, 1.82) is 0 Å². The van der Waals surface area contributed by atoms with E-state index in [-0.39, 0.29) is 17.7 Å². The van der Waals surface area contributed by atoms with E-state index >= 15 is 0 Å². The Morgan fingerprint density at radius 1 is 1.56 bits per heavy atom. The molecule has 1 aliphatic rings. The van der Waals surface area contributed by atoms with Gasteiger partial charge in [-0.2, -0.15) is 0 Å². The Hall–Kier alpha value is -1.26. The van der Waals surface area contributed by atoms with Gasteiger partial charge in [-0.25, -0.2) is 0 Å². The lowest BCUT2D eigenvalue weighted by Gasteiger charge is -2.27. The van der Waals surface area contributed by atoms with Crippen LogP contribution in [0.3, 0.4) is 0 Å². The van der Waals surface area contributed by atoms with Gasteiger partial charge >= 0.3 is 0 Å². The van der Waals surface area contributed by atoms with Crippen molar-refractivity contribution in [3.63, 3.8) is 0 Å². The lowest BCUT2D eigenvalue weighted by atomic mass is 9.89. The van der Waals surface area contributed by atoms with Gasteiger partial charge in [0.15, 0.2) is 0 Å². The normalized spacial score (nSPS) is 23.7. The van der Waals surface area contributed by atoms with Crippen molar-refractivity contribution in [2.24, 2.45) is 11.8 Å². The summed E-state index contributed by atoms with van der Waals surface area (Å²) in [5.41, 5.74) is 6.81. The number of halogens is 1. The van der Waals surface area contributed by atoms with Crippen LogP contribution in [0.15, 0.2) is 18.2 Å². The zero-order valence-electron chi connectivity index (χ0n) is 10.3. The van der Waals surface area contributed by atoms with Crippen LogP contribution in [0.5, 0.6) is 0 Å². The highest BCUT2D eigenvalue weighted by atomic mass is 35.5. The van der Waals surface area contributed by atoms with E-state index < -0.39 is 0 Å². The number of nitrogens with two attached hydrogens (primary N) is 1. The average Bonchev–Trinajstić information content (AvgIpc) is 2.34. The van der Waals surface area contributed by atoms with Crippen LogP contribution >= 0.6 is 11.6 Å². The zero-order chi connectivity index (χ0) is 13.1. The highest BCUT2D eigenvalue weighted by Crippen LogP contribution is 2.26. The monoisotopic (exact) mass is 268 g/mol. The largest absolute Gasteiger partial charge is 0.398 e. The van der Waals surface area contributed by atoms with E-state index in [0.29, 0.717) is 29.6 Å². The maximum atomic E-state index is 12.1. The first-order chi connectivity index (χ1) is 8.58. The standard InChI is InChI=1S/C13H17ClN2O2/c1-8-7-18-5-4-10(8)13(17)16-9-2-3-12(15)11(14)6-9/h2-3,6,8,10H,4-5,7,15H2,1H3,(H,16,17). The number of hydrogen-bond acceptors (Lipinski definition) is 3. The second-order valence-electron chi connectivity index (χ2n) is 4.67. The molecule has 98 valence electrons. The smallest absolute Gasteiger partial charge is 0.227 e. The van der Waals surface area contributed by atoms with Crippen molar-refractivity contribution in [2.75, 3.05) is 24.3 Å². The van der Waals surface area contributed by atoms with Gasteiger partial charge in [-0.1, -0.05) is 18.5 Å². The molecule has 2 atom stereocenters. The quantitative estimate of drug-likeness (QED) is 0.810. The van der Waals surface area contributed by atoms with Gasteiger partial charge in [0.1, 0.15) is 0 Å². The van der Waals surface area contributed by atoms with Crippen molar-refractivity contribution >= 4 is 28.9 Å². The van der Waals surface area contributed by atoms with Crippen molar-refractivity contribution in [1.82, 2.24) is 0 Å². The molecule has 0 radical (unpaired) electrons. The summed E-state index contributed by atoms with van der Waals surface area (Å²) in [6, 6.07) is 5.10. The minimum atomic E-state index is -0.00456. The summed E-state index contributed by atoms with van der Waals surface area (Å²) in [7, 11) is 0. The molecule has 1 fully saturated rings. The van der Waals surface area contributed by atoms with Gasteiger partial charge in [0.2, 0.25) is 5.91 Å². The molecular formula is C13H17ClN2O2. The number of carbonyl (C=O) groups excluding carboxylic acids is 1. The molecule has 0 spiro atoms. The number of anilines is 2. The summed E-state index contributed by atoms with van der Waals surface area (Å²) in [5, 5.41) is 3.33. The summed E-state index contributed by atoms with van der Waals surface area (Å²) in [6.45, 7) is 3.31. The van der Waals surface area contributed by atoms with Crippen LogP contribution in [0.2, 0.25) is 5.02 Å². The Kier molecular flexibility index (Phi) is 4.09. The fraction of sp³-hybridized carbons (Fsp3) is 0.462. The number of nitrogen functional groups attached to an aromatic ring is 1. The van der Waals surface area contributed by atoms with Crippen molar-refractivity contribution in [2.45, 2.75) is 13.3 Å². The molecule has 0 bridgehead atoms. The minimum absolute atomic E-state index is 0.00456. The Morgan fingerprint density at radius 3 is 3.00 bits per heavy atom. The van der Waals surface area contributed by atoms with Crippen LogP contribution in [-0.2, 0) is 9.53 Å². The van der Waals surface area contributed by atoms with Gasteiger partial charge in [-0.3, -0.25) is 4.79 Å². The van der Waals surface area contributed by atoms with Crippen molar-refractivity contribution in [3.8, 4) is 0 Å². The summed E-state index contributed by atoms with van der Waals surface area (Å²) in [6.07, 6.45) is 0.760. The molecule has 4 nitrogen and oxygen atoms in total. The number of ether oxygens (including phenoxy) is 1. The van der Waals surface area contributed by atoms with E-state index in [2.05, 4.69) is 5.32 Å². The third kappa shape index (κ3) is 2.94. The van der Waals surface area contributed by atoms with E-state index in [1.807, 2.05) is 6.92 Å². The number of nitrogens with one attached hydrogen (secondary N) is 1. The molecule has 5 heteroatoms. The molecule has 0 aliphatic carbocycles. The molecule has 18 heavy (non-hydrogen) atoms. The van der Waals surface area contributed by atoms with Crippen LogP contribution in [-0.4, -0.2) is 19.1 Å². The van der Waals surface area contributed by atoms with E-state index in [1.165, 1.54) is 0 Å². The number of amides is 1. The van der Waals surface area contributed by atoms with Crippen LogP contribution in [0.1, 0.15) is 13.3 Å². The Balaban J connectivity index is 2.04. The van der Waals surface area contributed by atoms with Gasteiger partial charge in [0.05, 0.1) is 10.7 Å². The van der Waals surface area contributed by atoms with Crippen LogP contribution in [0, 0.1) is 11.8 Å². The lowest BCUT2D eigenvalue weighted by molar-refractivity contribution is -0.125. The van der Waals surface area contributed by atoms with Crippen LogP contribution in [0.4, 0.5) is 11.4 Å². The van der Waals surface area contributed by atoms with Gasteiger partial charge in [0.25, 0.3) is 0 Å². The first-order valence-electron chi connectivity index (χ1n) is 6.01. The van der Waals surface area contributed by atoms with Gasteiger partial charge in [-0.05, 0) is 30.5 Å². The zero-order valence-corrected chi connectivity index (χ0v) is 11.0. The predicted molar refractivity (Wildman–Crippen MR) is 72.6 cm³/mol. The molecule has 1 saturated heterocycles. The molecule has 1 amide bonds. The Labute approximate surface area is 111 Å². The highest BCUT2D eigenvalue weighted by molar-refractivity contribution is 6.33. The highest BCUT2D eigenvalue weighted by Gasteiger charge is 2.28. The van der Waals surface area contributed by atoms with E-state index in [9.17, 15) is 4.79 Å². The molecule has 1 heterocycles. The maximum Gasteiger partial charge on any atom is 0.227 e. The molecule has 2 unspecified atom stereocenters. The summed E-state index contributed by atoms with van der Waals surface area (Å²) in [5.74, 6) is 0.254. The van der Waals surface area contributed by atoms with E-state index in [0.717, 1.165) is 6.42 Å². The van der Waals surface area contributed by atoms with Gasteiger partial charge < -0.3 is 15.8 Å². The SMILES string of the molecule is CC1COCCC1C(=O)Nc1ccc(N)c(Cl)c1. The molecule has 0 saturated carbocycles. The number of hydrogen-bond donors (Lipinski definition) is 2. The Bertz CT molecular complexity index is 451. The second-order valence-corrected chi connectivity index (χ2v) is 5.08. The first-order valence-corrected chi connectivity index (χ1v) is 6.39. The summed E-state index contributed by atoms with van der Waals surface area (Å²) >= 11 is 5.92.